The highest BCUT2D eigenvalue weighted by atomic mass is 35.5. The number of anilines is 2. The van der Waals surface area contributed by atoms with Crippen LogP contribution in [0.3, 0.4) is 0 Å². The van der Waals surface area contributed by atoms with Crippen molar-refractivity contribution < 1.29 is 4.79 Å². The Labute approximate surface area is 159 Å². The third-order valence-electron chi connectivity index (χ3n) is 3.34. The standard InChI is InChI=1S/C17H14Cl2N4OS/c18-13-8-7-12(10-14(13)19)20-16(24)21-17-23-22-15(25-17)9-6-11-4-2-1-3-5-11/h1-5,7-8,10H,6,9H2,(H2,20,21,23,24). The number of hydrogen-bond donors (Lipinski definition) is 2. The fourth-order valence-corrected chi connectivity index (χ4v) is 3.17. The SMILES string of the molecule is O=C(Nc1ccc(Cl)c(Cl)c1)Nc1nnc(CCc2ccccc2)s1. The number of carbonyl (C=O) groups excluding carboxylic acids is 1. The summed E-state index contributed by atoms with van der Waals surface area (Å²) >= 11 is 13.1. The van der Waals surface area contributed by atoms with Crippen LogP contribution in [0.1, 0.15) is 10.6 Å². The minimum atomic E-state index is -0.413. The highest BCUT2D eigenvalue weighted by Crippen LogP contribution is 2.25. The fraction of sp³-hybridized carbons (Fsp3) is 0.118. The molecule has 8 heteroatoms. The smallest absolute Gasteiger partial charge is 0.308 e. The van der Waals surface area contributed by atoms with Crippen LogP contribution in [0, 0.1) is 0 Å². The molecule has 0 aliphatic heterocycles. The van der Waals surface area contributed by atoms with Crippen LogP contribution < -0.4 is 10.6 Å². The minimum absolute atomic E-state index is 0.374. The van der Waals surface area contributed by atoms with Crippen molar-refractivity contribution in [1.29, 1.82) is 0 Å². The van der Waals surface area contributed by atoms with Gasteiger partial charge in [-0.15, -0.1) is 10.2 Å². The Bertz CT molecular complexity index is 870. The molecule has 0 aliphatic carbocycles. The molecule has 0 unspecified atom stereocenters. The highest BCUT2D eigenvalue weighted by Gasteiger charge is 2.09. The molecular weight excluding hydrogens is 379 g/mol. The lowest BCUT2D eigenvalue weighted by atomic mass is 10.1. The molecule has 0 radical (unpaired) electrons. The van der Waals surface area contributed by atoms with E-state index in [4.69, 9.17) is 23.2 Å². The summed E-state index contributed by atoms with van der Waals surface area (Å²) in [6, 6.07) is 14.6. The van der Waals surface area contributed by atoms with E-state index in [1.165, 1.54) is 16.9 Å². The van der Waals surface area contributed by atoms with Gasteiger partial charge in [0.2, 0.25) is 5.13 Å². The number of nitrogens with zero attached hydrogens (tertiary/aromatic N) is 2. The summed E-state index contributed by atoms with van der Waals surface area (Å²) in [5.41, 5.74) is 1.78. The fourth-order valence-electron chi connectivity index (χ4n) is 2.13. The lowest BCUT2D eigenvalue weighted by Crippen LogP contribution is -2.19. The van der Waals surface area contributed by atoms with Crippen molar-refractivity contribution in [1.82, 2.24) is 10.2 Å². The Balaban J connectivity index is 1.53. The average Bonchev–Trinajstić information content (AvgIpc) is 3.04. The third-order valence-corrected chi connectivity index (χ3v) is 4.97. The Morgan fingerprint density at radius 3 is 2.52 bits per heavy atom. The zero-order valence-electron chi connectivity index (χ0n) is 13.0. The summed E-state index contributed by atoms with van der Waals surface area (Å²) in [4.78, 5) is 12.0. The van der Waals surface area contributed by atoms with Crippen LogP contribution in [0.2, 0.25) is 10.0 Å². The second-order valence-electron chi connectivity index (χ2n) is 5.19. The van der Waals surface area contributed by atoms with Crippen LogP contribution in [0.25, 0.3) is 0 Å². The number of benzene rings is 2. The van der Waals surface area contributed by atoms with Gasteiger partial charge < -0.3 is 5.32 Å². The van der Waals surface area contributed by atoms with E-state index in [1.54, 1.807) is 18.2 Å². The van der Waals surface area contributed by atoms with Gasteiger partial charge in [0.05, 0.1) is 10.0 Å². The molecule has 0 saturated heterocycles. The number of aryl methyl sites for hydroxylation is 2. The van der Waals surface area contributed by atoms with Crippen molar-refractivity contribution in [2.24, 2.45) is 0 Å². The maximum Gasteiger partial charge on any atom is 0.325 e. The van der Waals surface area contributed by atoms with Gasteiger partial charge >= 0.3 is 6.03 Å². The quantitative estimate of drug-likeness (QED) is 0.620. The van der Waals surface area contributed by atoms with Crippen LogP contribution in [0.5, 0.6) is 0 Å². The van der Waals surface area contributed by atoms with Gasteiger partial charge in [0, 0.05) is 12.1 Å². The number of halogens is 2. The van der Waals surface area contributed by atoms with E-state index in [0.717, 1.165) is 17.8 Å². The first-order valence-electron chi connectivity index (χ1n) is 7.49. The van der Waals surface area contributed by atoms with Crippen LogP contribution in [0.15, 0.2) is 48.5 Å². The molecule has 25 heavy (non-hydrogen) atoms. The number of urea groups is 1. The topological polar surface area (TPSA) is 66.9 Å². The molecule has 128 valence electrons. The zero-order chi connectivity index (χ0) is 17.6. The number of hydrogen-bond acceptors (Lipinski definition) is 4. The second kappa shape index (κ2) is 8.29. The molecule has 2 amide bonds. The number of carbonyl (C=O) groups is 1. The molecule has 3 rings (SSSR count). The molecule has 0 bridgehead atoms. The summed E-state index contributed by atoms with van der Waals surface area (Å²) in [5, 5.41) is 15.5. The van der Waals surface area contributed by atoms with Gasteiger partial charge in [-0.2, -0.15) is 0 Å². The van der Waals surface area contributed by atoms with Gasteiger partial charge in [-0.05, 0) is 30.2 Å². The first-order valence-corrected chi connectivity index (χ1v) is 9.07. The maximum absolute atomic E-state index is 12.0. The van der Waals surface area contributed by atoms with Crippen LogP contribution in [0.4, 0.5) is 15.6 Å². The third kappa shape index (κ3) is 5.16. The Morgan fingerprint density at radius 2 is 1.76 bits per heavy atom. The summed E-state index contributed by atoms with van der Waals surface area (Å²) in [6.45, 7) is 0. The number of amides is 2. The second-order valence-corrected chi connectivity index (χ2v) is 7.07. The van der Waals surface area contributed by atoms with Gasteiger partial charge in [0.1, 0.15) is 5.01 Å². The average molecular weight is 393 g/mol. The lowest BCUT2D eigenvalue weighted by molar-refractivity contribution is 0.262. The van der Waals surface area contributed by atoms with Crippen molar-refractivity contribution in [3.05, 3.63) is 69.1 Å². The first kappa shape index (κ1) is 17.7. The van der Waals surface area contributed by atoms with Crippen molar-refractivity contribution in [2.75, 3.05) is 10.6 Å². The molecule has 2 aromatic carbocycles. The Kier molecular flexibility index (Phi) is 5.86. The molecule has 0 spiro atoms. The van der Waals surface area contributed by atoms with Gasteiger partial charge in [-0.25, -0.2) is 4.79 Å². The molecule has 1 aromatic heterocycles. The molecule has 0 saturated carbocycles. The summed E-state index contributed by atoms with van der Waals surface area (Å²) in [6.07, 6.45) is 1.66. The van der Waals surface area contributed by atoms with Crippen molar-refractivity contribution in [2.45, 2.75) is 12.8 Å². The van der Waals surface area contributed by atoms with Gasteiger partial charge in [-0.3, -0.25) is 5.32 Å². The van der Waals surface area contributed by atoms with Crippen LogP contribution in [-0.2, 0) is 12.8 Å². The van der Waals surface area contributed by atoms with E-state index in [0.29, 0.717) is 20.9 Å². The lowest BCUT2D eigenvalue weighted by Gasteiger charge is -2.06. The van der Waals surface area contributed by atoms with E-state index in [9.17, 15) is 4.79 Å². The van der Waals surface area contributed by atoms with E-state index >= 15 is 0 Å². The molecular formula is C17H14Cl2N4OS. The molecule has 0 fully saturated rings. The van der Waals surface area contributed by atoms with Crippen molar-refractivity contribution >= 4 is 51.4 Å². The largest absolute Gasteiger partial charge is 0.325 e. The maximum atomic E-state index is 12.0. The van der Waals surface area contributed by atoms with E-state index < -0.39 is 6.03 Å². The van der Waals surface area contributed by atoms with Gasteiger partial charge in [-0.1, -0.05) is 64.9 Å². The summed E-state index contributed by atoms with van der Waals surface area (Å²) in [5.74, 6) is 0. The van der Waals surface area contributed by atoms with Crippen molar-refractivity contribution in [3.63, 3.8) is 0 Å². The Morgan fingerprint density at radius 1 is 0.960 bits per heavy atom. The molecule has 0 aliphatic rings. The summed E-state index contributed by atoms with van der Waals surface area (Å²) < 4.78 is 0. The van der Waals surface area contributed by atoms with Crippen LogP contribution >= 0.6 is 34.5 Å². The van der Waals surface area contributed by atoms with E-state index in [2.05, 4.69) is 33.0 Å². The van der Waals surface area contributed by atoms with Crippen LogP contribution in [-0.4, -0.2) is 16.2 Å². The number of aromatic nitrogens is 2. The molecule has 2 N–H and O–H groups in total. The normalized spacial score (nSPS) is 10.5. The van der Waals surface area contributed by atoms with Gasteiger partial charge in [0.15, 0.2) is 0 Å². The first-order chi connectivity index (χ1) is 12.1. The van der Waals surface area contributed by atoms with E-state index in [1.807, 2.05) is 18.2 Å². The predicted octanol–water partition coefficient (Wildman–Crippen LogP) is 5.27. The van der Waals surface area contributed by atoms with Gasteiger partial charge in [0.25, 0.3) is 0 Å². The monoisotopic (exact) mass is 392 g/mol. The molecule has 5 nitrogen and oxygen atoms in total. The summed E-state index contributed by atoms with van der Waals surface area (Å²) in [7, 11) is 0. The predicted molar refractivity (Wildman–Crippen MR) is 103 cm³/mol. The number of rotatable bonds is 5. The molecule has 0 atom stereocenters. The van der Waals surface area contributed by atoms with E-state index in [-0.39, 0.29) is 0 Å². The minimum Gasteiger partial charge on any atom is -0.308 e. The number of nitrogens with one attached hydrogen (secondary N) is 2. The Hall–Kier alpha value is -2.15. The molecule has 3 aromatic rings. The highest BCUT2D eigenvalue weighted by molar-refractivity contribution is 7.15. The molecule has 1 heterocycles. The zero-order valence-corrected chi connectivity index (χ0v) is 15.3. The van der Waals surface area contributed by atoms with Crippen molar-refractivity contribution in [3.8, 4) is 0 Å².